The highest BCUT2D eigenvalue weighted by Crippen LogP contribution is 2.18. The van der Waals surface area contributed by atoms with Gasteiger partial charge in [-0.1, -0.05) is 26.0 Å². The van der Waals surface area contributed by atoms with Crippen LogP contribution in [0.2, 0.25) is 0 Å². The largest absolute Gasteiger partial charge is 0.392 e. The van der Waals surface area contributed by atoms with Gasteiger partial charge < -0.3 is 20.5 Å². The number of aliphatic hydroxyl groups is 1. The van der Waals surface area contributed by atoms with Crippen molar-refractivity contribution in [3.8, 4) is 0 Å². The summed E-state index contributed by atoms with van der Waals surface area (Å²) < 4.78 is 0. The molecular formula is C22H32N2O5. The number of carbonyl (C=O) groups excluding carboxylic acids is 4. The van der Waals surface area contributed by atoms with E-state index in [1.807, 2.05) is 13.8 Å². The van der Waals surface area contributed by atoms with Crippen LogP contribution >= 0.6 is 0 Å². The van der Waals surface area contributed by atoms with E-state index in [1.54, 1.807) is 31.2 Å². The standard InChI is InChI=1S/C22H32N2O5/c1-14(2)20(12-19(27)7-5-6-15(3)26)22(29)23-16(4)21(28)24-18-10-8-17(13-25)9-11-18/h8-11,14,16,20,25H,5-7,12-13H2,1-4H3,(H,23,29)(H,24,28)/t16-,20-/m0/s1. The summed E-state index contributed by atoms with van der Waals surface area (Å²) in [7, 11) is 0. The van der Waals surface area contributed by atoms with Gasteiger partial charge >= 0.3 is 0 Å². The molecule has 2 amide bonds. The Bertz CT molecular complexity index is 712. The smallest absolute Gasteiger partial charge is 0.246 e. The fraction of sp³-hybridized carbons (Fsp3) is 0.545. The summed E-state index contributed by atoms with van der Waals surface area (Å²) in [5.41, 5.74) is 1.30. The molecule has 0 saturated heterocycles. The summed E-state index contributed by atoms with van der Waals surface area (Å²) in [6, 6.07) is 5.98. The van der Waals surface area contributed by atoms with E-state index >= 15 is 0 Å². The van der Waals surface area contributed by atoms with E-state index in [4.69, 9.17) is 5.11 Å². The van der Waals surface area contributed by atoms with E-state index in [2.05, 4.69) is 10.6 Å². The van der Waals surface area contributed by atoms with Crippen molar-refractivity contribution in [2.75, 3.05) is 5.32 Å². The fourth-order valence-corrected chi connectivity index (χ4v) is 2.84. The zero-order valence-corrected chi connectivity index (χ0v) is 17.7. The number of Topliss-reactive ketones (excluding diaryl/α,β-unsaturated/α-hetero) is 2. The van der Waals surface area contributed by atoms with Crippen molar-refractivity contribution in [3.63, 3.8) is 0 Å². The van der Waals surface area contributed by atoms with Gasteiger partial charge in [-0.25, -0.2) is 0 Å². The molecule has 7 heteroatoms. The SMILES string of the molecule is CC(=O)CCCC(=O)C[C@H](C(=O)N[C@@H](C)C(=O)Nc1ccc(CO)cc1)C(C)C. The molecule has 0 radical (unpaired) electrons. The first kappa shape index (κ1) is 24.5. The Morgan fingerprint density at radius 2 is 1.59 bits per heavy atom. The molecule has 0 aromatic heterocycles. The molecule has 29 heavy (non-hydrogen) atoms. The molecule has 0 saturated carbocycles. The van der Waals surface area contributed by atoms with Crippen molar-refractivity contribution in [2.24, 2.45) is 11.8 Å². The van der Waals surface area contributed by atoms with Crippen LogP contribution in [0.1, 0.15) is 58.9 Å². The number of benzene rings is 1. The number of anilines is 1. The van der Waals surface area contributed by atoms with E-state index in [9.17, 15) is 19.2 Å². The van der Waals surface area contributed by atoms with E-state index in [0.29, 0.717) is 18.5 Å². The normalized spacial score (nSPS) is 12.9. The summed E-state index contributed by atoms with van der Waals surface area (Å²) in [5.74, 6) is -1.31. The lowest BCUT2D eigenvalue weighted by molar-refractivity contribution is -0.133. The minimum absolute atomic E-state index is 0.0433. The molecule has 0 unspecified atom stereocenters. The molecular weight excluding hydrogens is 372 g/mol. The highest BCUT2D eigenvalue weighted by molar-refractivity contribution is 5.97. The van der Waals surface area contributed by atoms with Crippen LogP contribution in [0, 0.1) is 11.8 Å². The average Bonchev–Trinajstić information content (AvgIpc) is 2.65. The number of aliphatic hydroxyl groups excluding tert-OH is 1. The van der Waals surface area contributed by atoms with Gasteiger partial charge in [-0.05, 0) is 43.9 Å². The maximum Gasteiger partial charge on any atom is 0.246 e. The highest BCUT2D eigenvalue weighted by atomic mass is 16.3. The van der Waals surface area contributed by atoms with Crippen molar-refractivity contribution < 1.29 is 24.3 Å². The van der Waals surface area contributed by atoms with Gasteiger partial charge in [-0.3, -0.25) is 14.4 Å². The van der Waals surface area contributed by atoms with Gasteiger partial charge in [0.2, 0.25) is 11.8 Å². The van der Waals surface area contributed by atoms with E-state index in [0.717, 1.165) is 5.56 Å². The number of carbonyl (C=O) groups is 4. The lowest BCUT2D eigenvalue weighted by atomic mass is 9.88. The topological polar surface area (TPSA) is 113 Å². The fourth-order valence-electron chi connectivity index (χ4n) is 2.84. The number of rotatable bonds is 12. The maximum atomic E-state index is 12.6. The Morgan fingerprint density at radius 3 is 2.10 bits per heavy atom. The number of nitrogens with one attached hydrogen (secondary N) is 2. The first-order valence-electron chi connectivity index (χ1n) is 9.96. The van der Waals surface area contributed by atoms with Gasteiger partial charge in [0, 0.05) is 30.9 Å². The van der Waals surface area contributed by atoms with Gasteiger partial charge in [0.1, 0.15) is 17.6 Å². The van der Waals surface area contributed by atoms with Crippen LogP contribution in [-0.4, -0.2) is 34.5 Å². The molecule has 1 rings (SSSR count). The molecule has 0 fully saturated rings. The van der Waals surface area contributed by atoms with Gasteiger partial charge in [-0.2, -0.15) is 0 Å². The van der Waals surface area contributed by atoms with Crippen LogP contribution < -0.4 is 10.6 Å². The quantitative estimate of drug-likeness (QED) is 0.496. The van der Waals surface area contributed by atoms with Crippen molar-refractivity contribution in [2.45, 2.75) is 66.0 Å². The van der Waals surface area contributed by atoms with Crippen LogP contribution in [0.25, 0.3) is 0 Å². The molecule has 1 aromatic rings. The van der Waals surface area contributed by atoms with Crippen LogP contribution in [0.4, 0.5) is 5.69 Å². The van der Waals surface area contributed by atoms with Crippen molar-refractivity contribution in [3.05, 3.63) is 29.8 Å². The third-order valence-corrected chi connectivity index (χ3v) is 4.73. The molecule has 0 spiro atoms. The zero-order valence-electron chi connectivity index (χ0n) is 17.7. The Morgan fingerprint density at radius 1 is 0.966 bits per heavy atom. The monoisotopic (exact) mass is 404 g/mol. The summed E-state index contributed by atoms with van der Waals surface area (Å²) >= 11 is 0. The minimum atomic E-state index is -0.769. The predicted octanol–water partition coefficient (Wildman–Crippen LogP) is 2.61. The Kier molecular flexibility index (Phi) is 10.2. The molecule has 0 aliphatic heterocycles. The van der Waals surface area contributed by atoms with Crippen molar-refractivity contribution >= 4 is 29.1 Å². The molecule has 0 heterocycles. The van der Waals surface area contributed by atoms with E-state index < -0.39 is 12.0 Å². The van der Waals surface area contributed by atoms with E-state index in [1.165, 1.54) is 6.92 Å². The highest BCUT2D eigenvalue weighted by Gasteiger charge is 2.27. The van der Waals surface area contributed by atoms with Gasteiger partial charge in [0.15, 0.2) is 0 Å². The number of hydrogen-bond acceptors (Lipinski definition) is 5. The lowest BCUT2D eigenvalue weighted by Gasteiger charge is -2.22. The third kappa shape index (κ3) is 9.00. The molecule has 7 nitrogen and oxygen atoms in total. The van der Waals surface area contributed by atoms with Crippen LogP contribution in [0.15, 0.2) is 24.3 Å². The third-order valence-electron chi connectivity index (χ3n) is 4.73. The molecule has 160 valence electrons. The molecule has 0 aliphatic rings. The number of amides is 2. The Hall–Kier alpha value is -2.54. The summed E-state index contributed by atoms with van der Waals surface area (Å²) in [4.78, 5) is 48.1. The molecule has 2 atom stereocenters. The minimum Gasteiger partial charge on any atom is -0.392 e. The van der Waals surface area contributed by atoms with Gasteiger partial charge in [0.25, 0.3) is 0 Å². The molecule has 1 aromatic carbocycles. The second-order valence-electron chi connectivity index (χ2n) is 7.72. The van der Waals surface area contributed by atoms with Crippen LogP contribution in [0.3, 0.4) is 0 Å². The molecule has 0 bridgehead atoms. The number of hydrogen-bond donors (Lipinski definition) is 3. The summed E-state index contributed by atoms with van der Waals surface area (Å²) in [6.45, 7) is 6.72. The van der Waals surface area contributed by atoms with Gasteiger partial charge in [0.05, 0.1) is 6.61 Å². The van der Waals surface area contributed by atoms with Crippen molar-refractivity contribution in [1.82, 2.24) is 5.32 Å². The van der Waals surface area contributed by atoms with Crippen molar-refractivity contribution in [1.29, 1.82) is 0 Å². The first-order valence-corrected chi connectivity index (χ1v) is 9.96. The maximum absolute atomic E-state index is 12.6. The van der Waals surface area contributed by atoms with Crippen LogP contribution in [-0.2, 0) is 25.8 Å². The summed E-state index contributed by atoms with van der Waals surface area (Å²) in [6.07, 6.45) is 1.23. The van der Waals surface area contributed by atoms with Crippen LogP contribution in [0.5, 0.6) is 0 Å². The number of ketones is 2. The Balaban J connectivity index is 2.59. The zero-order chi connectivity index (χ0) is 22.0. The van der Waals surface area contributed by atoms with E-state index in [-0.39, 0.29) is 48.7 Å². The lowest BCUT2D eigenvalue weighted by Crippen LogP contribution is -2.45. The van der Waals surface area contributed by atoms with Gasteiger partial charge in [-0.15, -0.1) is 0 Å². The summed E-state index contributed by atoms with van der Waals surface area (Å²) in [5, 5.41) is 14.5. The Labute approximate surface area is 172 Å². The first-order chi connectivity index (χ1) is 13.6. The predicted molar refractivity (Wildman–Crippen MR) is 111 cm³/mol. The average molecular weight is 405 g/mol. The molecule has 3 N–H and O–H groups in total. The second kappa shape index (κ2) is 12.1. The second-order valence-corrected chi connectivity index (χ2v) is 7.72. The molecule has 0 aliphatic carbocycles.